The number of ether oxygens (including phenoxy) is 2. The molecule has 1 amide bonds. The minimum Gasteiger partial charge on any atom is -0.497 e. The molecule has 0 aliphatic carbocycles. The first kappa shape index (κ1) is 13.6. The molecule has 1 N–H and O–H groups in total. The fourth-order valence-corrected chi connectivity index (χ4v) is 1.40. The quantitative estimate of drug-likeness (QED) is 0.908. The molecular weight excluding hydrogens is 286 g/mol. The van der Waals surface area contributed by atoms with E-state index in [4.69, 9.17) is 9.47 Å². The number of hydrogen-bond donors (Lipinski definition) is 1. The SMILES string of the molecule is C=C(Br)CNC(=O)c1ccc(OC)cc1OC. The summed E-state index contributed by atoms with van der Waals surface area (Å²) in [5, 5.41) is 2.70. The van der Waals surface area contributed by atoms with Crippen LogP contribution in [0.4, 0.5) is 0 Å². The molecule has 0 saturated heterocycles. The van der Waals surface area contributed by atoms with E-state index in [0.717, 1.165) is 0 Å². The zero-order chi connectivity index (χ0) is 12.8. The van der Waals surface area contributed by atoms with Gasteiger partial charge in [0.05, 0.1) is 19.8 Å². The molecule has 0 radical (unpaired) electrons. The standard InChI is InChI=1S/C12H14BrNO3/c1-8(13)7-14-12(15)10-5-4-9(16-2)6-11(10)17-3/h4-6H,1,7H2,2-3H3,(H,14,15). The maximum atomic E-state index is 11.8. The summed E-state index contributed by atoms with van der Waals surface area (Å²) in [6.45, 7) is 4.01. The normalized spacial score (nSPS) is 9.59. The third kappa shape index (κ3) is 3.78. The Kier molecular flexibility index (Phi) is 5.03. The molecule has 0 aromatic heterocycles. The molecule has 0 saturated carbocycles. The second-order valence-corrected chi connectivity index (χ2v) is 4.39. The third-order valence-corrected chi connectivity index (χ3v) is 2.37. The molecule has 1 aromatic rings. The Balaban J connectivity index is 2.89. The van der Waals surface area contributed by atoms with E-state index in [1.807, 2.05) is 0 Å². The average Bonchev–Trinajstić information content (AvgIpc) is 2.34. The van der Waals surface area contributed by atoms with E-state index in [1.165, 1.54) is 7.11 Å². The van der Waals surface area contributed by atoms with E-state index in [9.17, 15) is 4.79 Å². The molecule has 0 fully saturated rings. The summed E-state index contributed by atoms with van der Waals surface area (Å²) >= 11 is 3.17. The fourth-order valence-electron chi connectivity index (χ4n) is 1.26. The Morgan fingerprint density at radius 1 is 1.41 bits per heavy atom. The molecule has 0 aliphatic heterocycles. The van der Waals surface area contributed by atoms with Crippen molar-refractivity contribution in [2.45, 2.75) is 0 Å². The molecule has 0 aliphatic rings. The van der Waals surface area contributed by atoms with Gasteiger partial charge in [0, 0.05) is 17.1 Å². The van der Waals surface area contributed by atoms with Crippen molar-refractivity contribution >= 4 is 21.8 Å². The number of halogens is 1. The van der Waals surface area contributed by atoms with Gasteiger partial charge in [-0.05, 0) is 12.1 Å². The van der Waals surface area contributed by atoms with Crippen LogP contribution in [-0.2, 0) is 0 Å². The number of rotatable bonds is 5. The molecule has 17 heavy (non-hydrogen) atoms. The molecular formula is C12H14BrNO3. The van der Waals surface area contributed by atoms with Crippen molar-refractivity contribution in [2.24, 2.45) is 0 Å². The van der Waals surface area contributed by atoms with Gasteiger partial charge in [-0.1, -0.05) is 22.5 Å². The van der Waals surface area contributed by atoms with Crippen molar-refractivity contribution in [1.82, 2.24) is 5.32 Å². The fraction of sp³-hybridized carbons (Fsp3) is 0.250. The van der Waals surface area contributed by atoms with Crippen LogP contribution in [0.1, 0.15) is 10.4 Å². The highest BCUT2D eigenvalue weighted by atomic mass is 79.9. The molecule has 4 nitrogen and oxygen atoms in total. The Morgan fingerprint density at radius 3 is 2.65 bits per heavy atom. The van der Waals surface area contributed by atoms with Gasteiger partial charge in [0.25, 0.3) is 5.91 Å². The second kappa shape index (κ2) is 6.30. The summed E-state index contributed by atoms with van der Waals surface area (Å²) in [6.07, 6.45) is 0. The topological polar surface area (TPSA) is 47.6 Å². The number of nitrogens with one attached hydrogen (secondary N) is 1. The molecule has 92 valence electrons. The van der Waals surface area contributed by atoms with Gasteiger partial charge in [-0.25, -0.2) is 0 Å². The van der Waals surface area contributed by atoms with Crippen LogP contribution < -0.4 is 14.8 Å². The number of methoxy groups -OCH3 is 2. The highest BCUT2D eigenvalue weighted by molar-refractivity contribution is 9.11. The predicted molar refractivity (Wildman–Crippen MR) is 69.9 cm³/mol. The number of hydrogen-bond acceptors (Lipinski definition) is 3. The van der Waals surface area contributed by atoms with Crippen molar-refractivity contribution in [3.63, 3.8) is 0 Å². The van der Waals surface area contributed by atoms with E-state index in [1.54, 1.807) is 25.3 Å². The summed E-state index contributed by atoms with van der Waals surface area (Å²) in [5.41, 5.74) is 0.460. The van der Waals surface area contributed by atoms with E-state index in [-0.39, 0.29) is 5.91 Å². The highest BCUT2D eigenvalue weighted by Gasteiger charge is 2.12. The highest BCUT2D eigenvalue weighted by Crippen LogP contribution is 2.24. The summed E-state index contributed by atoms with van der Waals surface area (Å²) in [5.74, 6) is 0.899. The summed E-state index contributed by atoms with van der Waals surface area (Å²) in [4.78, 5) is 11.8. The van der Waals surface area contributed by atoms with E-state index < -0.39 is 0 Å². The van der Waals surface area contributed by atoms with Crippen molar-refractivity contribution in [3.8, 4) is 11.5 Å². The largest absolute Gasteiger partial charge is 0.497 e. The molecule has 1 aromatic carbocycles. The number of carbonyl (C=O) groups excluding carboxylic acids is 1. The molecule has 0 heterocycles. The Labute approximate surface area is 109 Å². The lowest BCUT2D eigenvalue weighted by atomic mass is 10.1. The van der Waals surface area contributed by atoms with Crippen LogP contribution in [0.2, 0.25) is 0 Å². The van der Waals surface area contributed by atoms with E-state index in [0.29, 0.717) is 28.1 Å². The zero-order valence-corrected chi connectivity index (χ0v) is 11.3. The van der Waals surface area contributed by atoms with E-state index >= 15 is 0 Å². The van der Waals surface area contributed by atoms with Gasteiger partial charge in [-0.15, -0.1) is 0 Å². The zero-order valence-electron chi connectivity index (χ0n) is 9.75. The summed E-state index contributed by atoms with van der Waals surface area (Å²) in [7, 11) is 3.07. The minimum atomic E-state index is -0.217. The van der Waals surface area contributed by atoms with Crippen LogP contribution in [0.25, 0.3) is 0 Å². The first-order valence-corrected chi connectivity index (χ1v) is 5.71. The maximum absolute atomic E-state index is 11.8. The van der Waals surface area contributed by atoms with Crippen molar-refractivity contribution in [3.05, 3.63) is 34.8 Å². The average molecular weight is 300 g/mol. The Hall–Kier alpha value is -1.49. The van der Waals surface area contributed by atoms with Crippen LogP contribution in [-0.4, -0.2) is 26.7 Å². The van der Waals surface area contributed by atoms with Gasteiger partial charge >= 0.3 is 0 Å². The van der Waals surface area contributed by atoms with Crippen molar-refractivity contribution < 1.29 is 14.3 Å². The Bertz CT molecular complexity index is 432. The number of benzene rings is 1. The van der Waals surface area contributed by atoms with Crippen LogP contribution in [0.15, 0.2) is 29.3 Å². The lowest BCUT2D eigenvalue weighted by Crippen LogP contribution is -2.24. The number of carbonyl (C=O) groups is 1. The molecule has 5 heteroatoms. The predicted octanol–water partition coefficient (Wildman–Crippen LogP) is 2.34. The van der Waals surface area contributed by atoms with Gasteiger partial charge in [-0.3, -0.25) is 4.79 Å². The maximum Gasteiger partial charge on any atom is 0.255 e. The summed E-state index contributed by atoms with van der Waals surface area (Å²) < 4.78 is 10.9. The van der Waals surface area contributed by atoms with Gasteiger partial charge in [-0.2, -0.15) is 0 Å². The minimum absolute atomic E-state index is 0.217. The first-order valence-electron chi connectivity index (χ1n) is 4.92. The van der Waals surface area contributed by atoms with Crippen LogP contribution >= 0.6 is 15.9 Å². The molecule has 0 atom stereocenters. The first-order chi connectivity index (χ1) is 8.08. The van der Waals surface area contributed by atoms with Crippen molar-refractivity contribution in [1.29, 1.82) is 0 Å². The lowest BCUT2D eigenvalue weighted by Gasteiger charge is -2.10. The monoisotopic (exact) mass is 299 g/mol. The third-order valence-electron chi connectivity index (χ3n) is 2.09. The summed E-state index contributed by atoms with van der Waals surface area (Å²) in [6, 6.07) is 5.03. The van der Waals surface area contributed by atoms with E-state index in [2.05, 4.69) is 27.8 Å². The molecule has 0 bridgehead atoms. The van der Waals surface area contributed by atoms with Crippen molar-refractivity contribution in [2.75, 3.05) is 20.8 Å². The lowest BCUT2D eigenvalue weighted by molar-refractivity contribution is 0.0954. The Morgan fingerprint density at radius 2 is 2.12 bits per heavy atom. The number of amides is 1. The van der Waals surface area contributed by atoms with Crippen LogP contribution in [0.3, 0.4) is 0 Å². The van der Waals surface area contributed by atoms with Gasteiger partial charge in [0.1, 0.15) is 11.5 Å². The van der Waals surface area contributed by atoms with Gasteiger partial charge in [0.2, 0.25) is 0 Å². The molecule has 0 unspecified atom stereocenters. The van der Waals surface area contributed by atoms with Crippen LogP contribution in [0.5, 0.6) is 11.5 Å². The second-order valence-electron chi connectivity index (χ2n) is 3.27. The van der Waals surface area contributed by atoms with Gasteiger partial charge < -0.3 is 14.8 Å². The van der Waals surface area contributed by atoms with Crippen LogP contribution in [0, 0.1) is 0 Å². The molecule has 0 spiro atoms. The molecule has 1 rings (SSSR count). The smallest absolute Gasteiger partial charge is 0.255 e. The van der Waals surface area contributed by atoms with Gasteiger partial charge in [0.15, 0.2) is 0 Å².